The van der Waals surface area contributed by atoms with E-state index in [0.717, 1.165) is 0 Å². The first kappa shape index (κ1) is 18.1. The molecule has 1 unspecified atom stereocenters. The standard InChI is InChI=1S/C12H18N4O3.ClH/c1-9(8-13)12(17)15-7-6-14-10-4-2-3-5-11(10)16(18)19;/h2-5,9,14H,6-8,13H2,1H3,(H,15,17);1H. The van der Waals surface area contributed by atoms with E-state index >= 15 is 0 Å². The van der Waals surface area contributed by atoms with Crippen molar-refractivity contribution in [2.24, 2.45) is 11.7 Å². The third-order valence-corrected chi connectivity index (χ3v) is 2.64. The molecule has 1 amide bonds. The van der Waals surface area contributed by atoms with Crippen LogP contribution in [0.2, 0.25) is 0 Å². The maximum Gasteiger partial charge on any atom is 0.292 e. The van der Waals surface area contributed by atoms with Gasteiger partial charge in [-0.05, 0) is 6.07 Å². The minimum Gasteiger partial charge on any atom is -0.378 e. The smallest absolute Gasteiger partial charge is 0.292 e. The maximum absolute atomic E-state index is 11.4. The molecule has 0 aromatic heterocycles. The molecule has 0 heterocycles. The molecule has 112 valence electrons. The number of carbonyl (C=O) groups is 1. The van der Waals surface area contributed by atoms with Crippen LogP contribution in [0.3, 0.4) is 0 Å². The third-order valence-electron chi connectivity index (χ3n) is 2.64. The van der Waals surface area contributed by atoms with Gasteiger partial charge in [-0.2, -0.15) is 0 Å². The van der Waals surface area contributed by atoms with Crippen LogP contribution < -0.4 is 16.4 Å². The van der Waals surface area contributed by atoms with Gasteiger partial charge >= 0.3 is 0 Å². The van der Waals surface area contributed by atoms with Gasteiger partial charge < -0.3 is 16.4 Å². The van der Waals surface area contributed by atoms with Crippen molar-refractivity contribution < 1.29 is 9.72 Å². The Morgan fingerprint density at radius 3 is 2.65 bits per heavy atom. The Kier molecular flexibility index (Phi) is 8.26. The highest BCUT2D eigenvalue weighted by Gasteiger charge is 2.12. The lowest BCUT2D eigenvalue weighted by Gasteiger charge is -2.11. The lowest BCUT2D eigenvalue weighted by molar-refractivity contribution is -0.384. The second-order valence-corrected chi connectivity index (χ2v) is 4.13. The Labute approximate surface area is 123 Å². The normalized spacial score (nSPS) is 11.1. The van der Waals surface area contributed by atoms with Crippen molar-refractivity contribution in [1.82, 2.24) is 5.32 Å². The summed E-state index contributed by atoms with van der Waals surface area (Å²) in [6.07, 6.45) is 0. The maximum atomic E-state index is 11.4. The number of nitrogens with two attached hydrogens (primary N) is 1. The molecular formula is C12H19ClN4O3. The van der Waals surface area contributed by atoms with Gasteiger partial charge in [-0.15, -0.1) is 12.4 Å². The number of para-hydroxylation sites is 2. The second kappa shape index (κ2) is 9.11. The van der Waals surface area contributed by atoms with Crippen LogP contribution in [-0.4, -0.2) is 30.5 Å². The van der Waals surface area contributed by atoms with Crippen molar-refractivity contribution in [3.8, 4) is 0 Å². The van der Waals surface area contributed by atoms with Crippen LogP contribution in [0, 0.1) is 16.0 Å². The Morgan fingerprint density at radius 2 is 2.05 bits per heavy atom. The lowest BCUT2D eigenvalue weighted by Crippen LogP contribution is -2.35. The summed E-state index contributed by atoms with van der Waals surface area (Å²) >= 11 is 0. The number of nitrogens with one attached hydrogen (secondary N) is 2. The molecule has 0 aliphatic heterocycles. The fraction of sp³-hybridized carbons (Fsp3) is 0.417. The number of nitro benzene ring substituents is 1. The molecule has 1 atom stereocenters. The number of hydrogen-bond acceptors (Lipinski definition) is 5. The summed E-state index contributed by atoms with van der Waals surface area (Å²) in [7, 11) is 0. The van der Waals surface area contributed by atoms with E-state index in [2.05, 4.69) is 10.6 Å². The summed E-state index contributed by atoms with van der Waals surface area (Å²) in [5, 5.41) is 16.4. The van der Waals surface area contributed by atoms with Gasteiger partial charge in [-0.3, -0.25) is 14.9 Å². The summed E-state index contributed by atoms with van der Waals surface area (Å²) in [5.41, 5.74) is 5.83. The van der Waals surface area contributed by atoms with E-state index in [9.17, 15) is 14.9 Å². The third kappa shape index (κ3) is 5.41. The van der Waals surface area contributed by atoms with Crippen LogP contribution in [0.25, 0.3) is 0 Å². The SMILES string of the molecule is CC(CN)C(=O)NCCNc1ccccc1[N+](=O)[O-].Cl. The molecule has 1 rings (SSSR count). The molecule has 4 N–H and O–H groups in total. The molecule has 0 aliphatic carbocycles. The quantitative estimate of drug-likeness (QED) is 0.397. The van der Waals surface area contributed by atoms with Gasteiger partial charge in [-0.1, -0.05) is 19.1 Å². The molecule has 8 heteroatoms. The Hall–Kier alpha value is -1.86. The Morgan fingerprint density at radius 1 is 1.40 bits per heavy atom. The highest BCUT2D eigenvalue weighted by molar-refractivity contribution is 5.85. The molecular weight excluding hydrogens is 284 g/mol. The number of rotatable bonds is 7. The molecule has 0 radical (unpaired) electrons. The summed E-state index contributed by atoms with van der Waals surface area (Å²) in [6.45, 7) is 2.83. The Balaban J connectivity index is 0.00000361. The first-order valence-electron chi connectivity index (χ1n) is 6.01. The zero-order valence-electron chi connectivity index (χ0n) is 11.2. The van der Waals surface area contributed by atoms with Gasteiger partial charge in [0.25, 0.3) is 5.69 Å². The van der Waals surface area contributed by atoms with Crippen molar-refractivity contribution in [3.63, 3.8) is 0 Å². The number of halogens is 1. The summed E-state index contributed by atoms with van der Waals surface area (Å²) in [4.78, 5) is 21.8. The molecule has 0 bridgehead atoms. The van der Waals surface area contributed by atoms with E-state index in [0.29, 0.717) is 25.3 Å². The monoisotopic (exact) mass is 302 g/mol. The van der Waals surface area contributed by atoms with Crippen LogP contribution >= 0.6 is 12.4 Å². The number of amides is 1. The predicted molar refractivity (Wildman–Crippen MR) is 80.1 cm³/mol. The fourth-order valence-corrected chi connectivity index (χ4v) is 1.45. The lowest BCUT2D eigenvalue weighted by atomic mass is 10.2. The minimum atomic E-state index is -0.447. The second-order valence-electron chi connectivity index (χ2n) is 4.13. The van der Waals surface area contributed by atoms with Gasteiger partial charge in [-0.25, -0.2) is 0 Å². The molecule has 1 aromatic rings. The summed E-state index contributed by atoms with van der Waals surface area (Å²) in [6, 6.07) is 6.37. The highest BCUT2D eigenvalue weighted by Crippen LogP contribution is 2.22. The number of nitro groups is 1. The zero-order valence-corrected chi connectivity index (χ0v) is 12.0. The van der Waals surface area contributed by atoms with Crippen LogP contribution in [0.4, 0.5) is 11.4 Å². The molecule has 0 aliphatic rings. The number of benzene rings is 1. The molecule has 0 saturated carbocycles. The Bertz CT molecular complexity index is 456. The average Bonchev–Trinajstić information content (AvgIpc) is 2.42. The fourth-order valence-electron chi connectivity index (χ4n) is 1.45. The van der Waals surface area contributed by atoms with Crippen LogP contribution in [0.15, 0.2) is 24.3 Å². The number of nitrogens with zero attached hydrogens (tertiary/aromatic N) is 1. The minimum absolute atomic E-state index is 0. The van der Waals surface area contributed by atoms with E-state index in [-0.39, 0.29) is 29.9 Å². The van der Waals surface area contributed by atoms with Crippen molar-refractivity contribution in [2.45, 2.75) is 6.92 Å². The summed E-state index contributed by atoms with van der Waals surface area (Å²) < 4.78 is 0. The first-order valence-corrected chi connectivity index (χ1v) is 6.01. The average molecular weight is 303 g/mol. The zero-order chi connectivity index (χ0) is 14.3. The van der Waals surface area contributed by atoms with Gasteiger partial charge in [0, 0.05) is 31.6 Å². The van der Waals surface area contributed by atoms with Crippen LogP contribution in [0.5, 0.6) is 0 Å². The van der Waals surface area contributed by atoms with E-state index in [1.165, 1.54) is 6.07 Å². The van der Waals surface area contributed by atoms with Crippen molar-refractivity contribution >= 4 is 29.7 Å². The molecule has 1 aromatic carbocycles. The van der Waals surface area contributed by atoms with Crippen molar-refractivity contribution in [1.29, 1.82) is 0 Å². The van der Waals surface area contributed by atoms with Crippen LogP contribution in [-0.2, 0) is 4.79 Å². The van der Waals surface area contributed by atoms with E-state index in [1.54, 1.807) is 25.1 Å². The van der Waals surface area contributed by atoms with Gasteiger partial charge in [0.2, 0.25) is 5.91 Å². The molecule has 20 heavy (non-hydrogen) atoms. The molecule has 0 saturated heterocycles. The topological polar surface area (TPSA) is 110 Å². The van der Waals surface area contributed by atoms with Crippen molar-refractivity contribution in [3.05, 3.63) is 34.4 Å². The summed E-state index contributed by atoms with van der Waals surface area (Å²) in [5.74, 6) is -0.349. The largest absolute Gasteiger partial charge is 0.378 e. The number of hydrogen-bond donors (Lipinski definition) is 3. The van der Waals surface area contributed by atoms with Gasteiger partial charge in [0.05, 0.1) is 4.92 Å². The molecule has 7 nitrogen and oxygen atoms in total. The molecule has 0 fully saturated rings. The van der Waals surface area contributed by atoms with E-state index in [1.807, 2.05) is 0 Å². The number of carbonyl (C=O) groups excluding carboxylic acids is 1. The number of anilines is 1. The van der Waals surface area contributed by atoms with Gasteiger partial charge in [0.15, 0.2) is 0 Å². The van der Waals surface area contributed by atoms with Crippen molar-refractivity contribution in [2.75, 3.05) is 25.0 Å². The van der Waals surface area contributed by atoms with Gasteiger partial charge in [0.1, 0.15) is 5.69 Å². The van der Waals surface area contributed by atoms with E-state index in [4.69, 9.17) is 5.73 Å². The predicted octanol–water partition coefficient (Wildman–Crippen LogP) is 1.14. The highest BCUT2D eigenvalue weighted by atomic mass is 35.5. The molecule has 0 spiro atoms. The van der Waals surface area contributed by atoms with E-state index < -0.39 is 4.92 Å². The first-order chi connectivity index (χ1) is 9.06. The van der Waals surface area contributed by atoms with Crippen LogP contribution in [0.1, 0.15) is 6.92 Å².